The van der Waals surface area contributed by atoms with E-state index < -0.39 is 11.4 Å². The van der Waals surface area contributed by atoms with Crippen LogP contribution < -0.4 is 11.2 Å². The predicted octanol–water partition coefficient (Wildman–Crippen LogP) is -1.40. The Labute approximate surface area is 49.6 Å². The van der Waals surface area contributed by atoms with Crippen LogP contribution in [0.5, 0.6) is 0 Å². The molecule has 8 heavy (non-hydrogen) atoms. The molecule has 0 aliphatic carbocycles. The highest BCUT2D eigenvalue weighted by Gasteiger charge is 1.87. The molecule has 0 aromatic carbocycles. The van der Waals surface area contributed by atoms with E-state index in [2.05, 4.69) is 9.76 Å². The Balaban J connectivity index is 2.82. The molecule has 0 rings (SSSR count). The molecular formula is C2H8N2O3S. The minimum absolute atomic E-state index is 0.367. The molecule has 6 heteroatoms. The van der Waals surface area contributed by atoms with E-state index >= 15 is 0 Å². The summed E-state index contributed by atoms with van der Waals surface area (Å²) in [6.45, 7) is 0.740. The van der Waals surface area contributed by atoms with Crippen molar-refractivity contribution < 1.29 is 13.0 Å². The maximum atomic E-state index is 9.66. The third-order valence-corrected chi connectivity index (χ3v) is 0.637. The lowest BCUT2D eigenvalue weighted by atomic mass is 10.7. The third kappa shape index (κ3) is 5.99. The molecule has 0 saturated carbocycles. The first-order valence-electron chi connectivity index (χ1n) is 1.98. The summed E-state index contributed by atoms with van der Waals surface area (Å²) in [5.41, 5.74) is 7.15. The van der Waals surface area contributed by atoms with Crippen molar-refractivity contribution in [3.63, 3.8) is 0 Å². The molecule has 4 N–H and O–H groups in total. The lowest BCUT2D eigenvalue weighted by molar-refractivity contribution is 0.201. The van der Waals surface area contributed by atoms with Gasteiger partial charge in [-0.3, -0.25) is 4.55 Å². The second-order valence-electron chi connectivity index (χ2n) is 0.983. The maximum Gasteiger partial charge on any atom is 0.319 e. The number of nitrogens with two attached hydrogens (primary N) is 1. The van der Waals surface area contributed by atoms with Crippen LogP contribution in [0.2, 0.25) is 0 Å². The molecule has 0 saturated heterocycles. The number of nitrogens with one attached hydrogen (secondary N) is 1. The SMILES string of the molecule is NCCNOS(=O)O. The van der Waals surface area contributed by atoms with E-state index in [-0.39, 0.29) is 0 Å². The molecule has 0 aromatic rings. The number of hydroxylamine groups is 1. The summed E-state index contributed by atoms with van der Waals surface area (Å²) in [6, 6.07) is 0. The first kappa shape index (κ1) is 7.99. The fraction of sp³-hybridized carbons (Fsp3) is 1.00. The van der Waals surface area contributed by atoms with Crippen molar-refractivity contribution in [1.82, 2.24) is 5.48 Å². The van der Waals surface area contributed by atoms with Crippen molar-refractivity contribution in [3.8, 4) is 0 Å². The van der Waals surface area contributed by atoms with Crippen molar-refractivity contribution in [3.05, 3.63) is 0 Å². The van der Waals surface area contributed by atoms with Crippen LogP contribution in [0, 0.1) is 0 Å². The summed E-state index contributed by atoms with van der Waals surface area (Å²) in [6.07, 6.45) is 0. The lowest BCUT2D eigenvalue weighted by Gasteiger charge is -1.95. The predicted molar refractivity (Wildman–Crippen MR) is 28.9 cm³/mol. The Kier molecular flexibility index (Phi) is 5.13. The van der Waals surface area contributed by atoms with Crippen LogP contribution in [0.1, 0.15) is 0 Å². The molecule has 0 heterocycles. The van der Waals surface area contributed by atoms with Crippen molar-refractivity contribution in [2.75, 3.05) is 13.1 Å². The van der Waals surface area contributed by atoms with Crippen LogP contribution in [-0.2, 0) is 15.6 Å². The van der Waals surface area contributed by atoms with Gasteiger partial charge in [-0.25, -0.2) is 0 Å². The van der Waals surface area contributed by atoms with E-state index in [1.165, 1.54) is 0 Å². The summed E-state index contributed by atoms with van der Waals surface area (Å²) in [5.74, 6) is 0. The first-order valence-corrected chi connectivity index (χ1v) is 3.01. The molecule has 1 unspecified atom stereocenters. The molecule has 0 spiro atoms. The van der Waals surface area contributed by atoms with Gasteiger partial charge in [0.15, 0.2) is 0 Å². The van der Waals surface area contributed by atoms with Gasteiger partial charge in [-0.1, -0.05) is 0 Å². The molecule has 0 aliphatic rings. The Morgan fingerprint density at radius 2 is 2.50 bits per heavy atom. The molecule has 0 aromatic heterocycles. The zero-order valence-electron chi connectivity index (χ0n) is 4.16. The number of hydrogen-bond donors (Lipinski definition) is 3. The topological polar surface area (TPSA) is 84.6 Å². The van der Waals surface area contributed by atoms with Gasteiger partial charge in [0.05, 0.1) is 0 Å². The Morgan fingerprint density at radius 1 is 1.88 bits per heavy atom. The van der Waals surface area contributed by atoms with Gasteiger partial charge in [0.25, 0.3) is 0 Å². The summed E-state index contributed by atoms with van der Waals surface area (Å²) in [7, 11) is 0. The zero-order chi connectivity index (χ0) is 6.41. The normalized spacial score (nSPS) is 13.8. The van der Waals surface area contributed by atoms with Crippen LogP contribution in [-0.4, -0.2) is 21.9 Å². The average molecular weight is 140 g/mol. The highest BCUT2D eigenvalue weighted by atomic mass is 32.2. The fourth-order valence-corrected chi connectivity index (χ4v) is 0.335. The van der Waals surface area contributed by atoms with Crippen molar-refractivity contribution in [1.29, 1.82) is 0 Å². The maximum absolute atomic E-state index is 9.66. The van der Waals surface area contributed by atoms with Crippen LogP contribution >= 0.6 is 0 Å². The highest BCUT2D eigenvalue weighted by Crippen LogP contribution is 1.67. The average Bonchev–Trinajstić information content (AvgIpc) is 1.66. The standard InChI is InChI=1S/C2H8N2O3S/c3-1-2-4-7-8(5)6/h4H,1-3H2,(H,5,6). The largest absolute Gasteiger partial charge is 0.329 e. The molecular weight excluding hydrogens is 132 g/mol. The van der Waals surface area contributed by atoms with Gasteiger partial charge in [0, 0.05) is 13.1 Å². The fourth-order valence-electron chi connectivity index (χ4n) is 0.151. The summed E-state index contributed by atoms with van der Waals surface area (Å²) in [5, 5.41) is 0. The van der Waals surface area contributed by atoms with Gasteiger partial charge in [-0.2, -0.15) is 14.0 Å². The van der Waals surface area contributed by atoms with E-state index in [9.17, 15) is 4.21 Å². The summed E-state index contributed by atoms with van der Waals surface area (Å²) >= 11 is -2.23. The first-order chi connectivity index (χ1) is 3.77. The van der Waals surface area contributed by atoms with Gasteiger partial charge in [-0.15, -0.1) is 0 Å². The van der Waals surface area contributed by atoms with Crippen LogP contribution in [0.3, 0.4) is 0 Å². The van der Waals surface area contributed by atoms with E-state index in [0.717, 1.165) is 0 Å². The summed E-state index contributed by atoms with van der Waals surface area (Å²) < 4.78 is 21.6. The van der Waals surface area contributed by atoms with Gasteiger partial charge in [0.1, 0.15) is 0 Å². The van der Waals surface area contributed by atoms with Crippen LogP contribution in [0.25, 0.3) is 0 Å². The smallest absolute Gasteiger partial charge is 0.319 e. The van der Waals surface area contributed by atoms with E-state index in [1.807, 2.05) is 0 Å². The van der Waals surface area contributed by atoms with E-state index in [4.69, 9.17) is 10.3 Å². The third-order valence-electron chi connectivity index (χ3n) is 0.377. The Morgan fingerprint density at radius 3 is 2.88 bits per heavy atom. The van der Waals surface area contributed by atoms with Gasteiger partial charge >= 0.3 is 11.4 Å². The molecule has 0 bridgehead atoms. The molecule has 5 nitrogen and oxygen atoms in total. The van der Waals surface area contributed by atoms with Crippen molar-refractivity contribution >= 4 is 11.4 Å². The zero-order valence-corrected chi connectivity index (χ0v) is 4.98. The number of rotatable bonds is 4. The minimum atomic E-state index is -2.23. The lowest BCUT2D eigenvalue weighted by Crippen LogP contribution is -2.23. The molecule has 1 atom stereocenters. The van der Waals surface area contributed by atoms with Gasteiger partial charge in [0.2, 0.25) is 0 Å². The molecule has 0 amide bonds. The molecule has 0 fully saturated rings. The van der Waals surface area contributed by atoms with Crippen LogP contribution in [0.4, 0.5) is 0 Å². The van der Waals surface area contributed by atoms with Crippen molar-refractivity contribution in [2.24, 2.45) is 5.73 Å². The second-order valence-corrected chi connectivity index (χ2v) is 1.58. The quantitative estimate of drug-likeness (QED) is 0.254. The highest BCUT2D eigenvalue weighted by molar-refractivity contribution is 7.74. The molecule has 0 aliphatic heterocycles. The minimum Gasteiger partial charge on any atom is -0.329 e. The van der Waals surface area contributed by atoms with Crippen molar-refractivity contribution in [2.45, 2.75) is 0 Å². The Bertz CT molecular complexity index is 77.7. The van der Waals surface area contributed by atoms with Gasteiger partial charge < -0.3 is 5.73 Å². The van der Waals surface area contributed by atoms with Crippen LogP contribution in [0.15, 0.2) is 0 Å². The second kappa shape index (κ2) is 5.13. The van der Waals surface area contributed by atoms with E-state index in [0.29, 0.717) is 13.1 Å². The monoisotopic (exact) mass is 140 g/mol. The number of hydrogen-bond acceptors (Lipinski definition) is 4. The van der Waals surface area contributed by atoms with E-state index in [1.54, 1.807) is 0 Å². The van der Waals surface area contributed by atoms with Gasteiger partial charge in [-0.05, 0) is 0 Å². The Hall–Kier alpha value is -0.0100. The molecule has 50 valence electrons. The molecule has 0 radical (unpaired) electrons. The summed E-state index contributed by atoms with van der Waals surface area (Å²) in [4.78, 5) is 0.